The van der Waals surface area contributed by atoms with Gasteiger partial charge in [-0.2, -0.15) is 0 Å². The van der Waals surface area contributed by atoms with Gasteiger partial charge >= 0.3 is 5.97 Å². The molecular weight excluding hydrogens is 342 g/mol. The number of amides is 2. The van der Waals surface area contributed by atoms with Crippen LogP contribution >= 0.6 is 11.3 Å². The zero-order valence-electron chi connectivity index (χ0n) is 13.5. The van der Waals surface area contributed by atoms with Gasteiger partial charge in [-0.05, 0) is 30.5 Å². The first kappa shape index (κ1) is 17.0. The van der Waals surface area contributed by atoms with Crippen molar-refractivity contribution in [3.63, 3.8) is 0 Å². The molecule has 1 aliphatic heterocycles. The summed E-state index contributed by atoms with van der Waals surface area (Å²) in [5.74, 6) is -1.12. The Labute approximate surface area is 148 Å². The Hall–Kier alpha value is -2.87. The van der Waals surface area contributed by atoms with Crippen molar-refractivity contribution in [2.24, 2.45) is 0 Å². The zero-order valence-corrected chi connectivity index (χ0v) is 14.3. The lowest BCUT2D eigenvalue weighted by atomic mass is 10.1. The molecule has 0 saturated carbocycles. The van der Waals surface area contributed by atoms with E-state index in [2.05, 4.69) is 16.0 Å². The summed E-state index contributed by atoms with van der Waals surface area (Å²) < 4.78 is 4.95. The highest BCUT2D eigenvalue weighted by Gasteiger charge is 2.28. The van der Waals surface area contributed by atoms with Gasteiger partial charge in [0.1, 0.15) is 11.0 Å². The van der Waals surface area contributed by atoms with E-state index in [0.29, 0.717) is 16.3 Å². The van der Waals surface area contributed by atoms with Crippen molar-refractivity contribution in [3.05, 3.63) is 41.3 Å². The minimum atomic E-state index is -0.680. The summed E-state index contributed by atoms with van der Waals surface area (Å²) >= 11 is 1.23. The Morgan fingerprint density at radius 3 is 2.76 bits per heavy atom. The van der Waals surface area contributed by atoms with E-state index in [-0.39, 0.29) is 24.8 Å². The molecule has 0 spiro atoms. The molecule has 1 aromatic carbocycles. The molecule has 1 aromatic heterocycles. The van der Waals surface area contributed by atoms with Crippen molar-refractivity contribution >= 4 is 45.5 Å². The van der Waals surface area contributed by atoms with Crippen LogP contribution in [0.5, 0.6) is 0 Å². The molecule has 2 aromatic rings. The molecule has 3 N–H and O–H groups in total. The quantitative estimate of drug-likeness (QED) is 0.713. The number of fused-ring (bicyclic) bond motifs is 1. The predicted octanol–water partition coefficient (Wildman–Crippen LogP) is 2.69. The molecule has 0 aliphatic carbocycles. The summed E-state index contributed by atoms with van der Waals surface area (Å²) in [6, 6.07) is 8.20. The molecule has 0 radical (unpaired) electrons. The van der Waals surface area contributed by atoms with E-state index in [1.54, 1.807) is 24.4 Å². The summed E-state index contributed by atoms with van der Waals surface area (Å²) in [4.78, 5) is 36.3. The number of para-hydroxylation sites is 2. The fraction of sp³-hybridized carbons (Fsp3) is 0.235. The van der Waals surface area contributed by atoms with Gasteiger partial charge in [0.05, 0.1) is 30.0 Å². The highest BCUT2D eigenvalue weighted by atomic mass is 32.1. The number of nitrogens with one attached hydrogen (secondary N) is 3. The zero-order chi connectivity index (χ0) is 17.8. The van der Waals surface area contributed by atoms with E-state index in [1.807, 2.05) is 18.2 Å². The van der Waals surface area contributed by atoms with Crippen LogP contribution in [0, 0.1) is 0 Å². The van der Waals surface area contributed by atoms with Gasteiger partial charge in [-0.15, -0.1) is 11.3 Å². The van der Waals surface area contributed by atoms with Crippen LogP contribution in [0.3, 0.4) is 0 Å². The van der Waals surface area contributed by atoms with Gasteiger partial charge in [-0.25, -0.2) is 4.79 Å². The van der Waals surface area contributed by atoms with Crippen LogP contribution in [0.4, 0.5) is 16.4 Å². The summed E-state index contributed by atoms with van der Waals surface area (Å²) in [5, 5.41) is 10.6. The van der Waals surface area contributed by atoms with Crippen molar-refractivity contribution < 1.29 is 19.1 Å². The smallest absolute Gasteiger partial charge is 0.341 e. The molecule has 0 bridgehead atoms. The first-order valence-corrected chi connectivity index (χ1v) is 8.67. The molecule has 2 heterocycles. The summed E-state index contributed by atoms with van der Waals surface area (Å²) in [5.41, 5.74) is 1.77. The SMILES string of the molecule is CCOC(=O)c1ccsc1NC(=O)C[C@H]1Nc2ccccc2NC1=O. The van der Waals surface area contributed by atoms with Crippen molar-refractivity contribution in [3.8, 4) is 0 Å². The Morgan fingerprint density at radius 1 is 1.24 bits per heavy atom. The van der Waals surface area contributed by atoms with Crippen molar-refractivity contribution in [1.29, 1.82) is 0 Å². The van der Waals surface area contributed by atoms with Gasteiger partial charge in [0.15, 0.2) is 0 Å². The van der Waals surface area contributed by atoms with Crippen LogP contribution in [0.15, 0.2) is 35.7 Å². The van der Waals surface area contributed by atoms with Gasteiger partial charge in [0.2, 0.25) is 11.8 Å². The fourth-order valence-electron chi connectivity index (χ4n) is 2.47. The fourth-order valence-corrected chi connectivity index (χ4v) is 3.26. The first-order chi connectivity index (χ1) is 12.1. The lowest BCUT2D eigenvalue weighted by molar-refractivity contribution is -0.122. The molecule has 7 nitrogen and oxygen atoms in total. The van der Waals surface area contributed by atoms with Crippen LogP contribution < -0.4 is 16.0 Å². The third-order valence-corrected chi connectivity index (χ3v) is 4.46. The number of rotatable bonds is 5. The molecule has 8 heteroatoms. The van der Waals surface area contributed by atoms with Crippen molar-refractivity contribution in [2.45, 2.75) is 19.4 Å². The third-order valence-electron chi connectivity index (χ3n) is 3.63. The van der Waals surface area contributed by atoms with Crippen molar-refractivity contribution in [2.75, 3.05) is 22.6 Å². The van der Waals surface area contributed by atoms with E-state index in [9.17, 15) is 14.4 Å². The molecule has 2 amide bonds. The Bertz CT molecular complexity index is 818. The molecule has 0 unspecified atom stereocenters. The summed E-state index contributed by atoms with van der Waals surface area (Å²) in [6.45, 7) is 1.97. The van der Waals surface area contributed by atoms with E-state index < -0.39 is 12.0 Å². The maximum absolute atomic E-state index is 12.3. The monoisotopic (exact) mass is 359 g/mol. The normalized spacial score (nSPS) is 15.6. The van der Waals surface area contributed by atoms with E-state index in [1.165, 1.54) is 11.3 Å². The summed E-state index contributed by atoms with van der Waals surface area (Å²) in [6.07, 6.45) is -0.0552. The molecule has 0 fully saturated rings. The Kier molecular flexibility index (Phi) is 4.99. The maximum atomic E-state index is 12.3. The van der Waals surface area contributed by atoms with E-state index in [4.69, 9.17) is 4.74 Å². The number of hydrogen-bond acceptors (Lipinski definition) is 6. The molecule has 25 heavy (non-hydrogen) atoms. The second-order valence-electron chi connectivity index (χ2n) is 5.37. The first-order valence-electron chi connectivity index (χ1n) is 7.79. The Morgan fingerprint density at radius 2 is 2.00 bits per heavy atom. The Balaban J connectivity index is 1.65. The predicted molar refractivity (Wildman–Crippen MR) is 96.0 cm³/mol. The van der Waals surface area contributed by atoms with Crippen LogP contribution in [0.25, 0.3) is 0 Å². The topological polar surface area (TPSA) is 96.5 Å². The molecule has 0 saturated heterocycles. The van der Waals surface area contributed by atoms with Crippen LogP contribution in [-0.4, -0.2) is 30.4 Å². The lowest BCUT2D eigenvalue weighted by Crippen LogP contribution is -2.41. The van der Waals surface area contributed by atoms with E-state index >= 15 is 0 Å². The number of carbonyl (C=O) groups excluding carboxylic acids is 3. The minimum Gasteiger partial charge on any atom is -0.462 e. The second-order valence-corrected chi connectivity index (χ2v) is 6.28. The van der Waals surface area contributed by atoms with Crippen molar-refractivity contribution in [1.82, 2.24) is 0 Å². The molecule has 3 rings (SSSR count). The van der Waals surface area contributed by atoms with Gasteiger partial charge < -0.3 is 20.7 Å². The van der Waals surface area contributed by atoms with Gasteiger partial charge in [0.25, 0.3) is 0 Å². The van der Waals surface area contributed by atoms with Crippen LogP contribution in [0.1, 0.15) is 23.7 Å². The lowest BCUT2D eigenvalue weighted by Gasteiger charge is -2.26. The summed E-state index contributed by atoms with van der Waals surface area (Å²) in [7, 11) is 0. The number of esters is 1. The van der Waals surface area contributed by atoms with Crippen LogP contribution in [-0.2, 0) is 14.3 Å². The number of carbonyl (C=O) groups is 3. The minimum absolute atomic E-state index is 0.0552. The number of ether oxygens (including phenoxy) is 1. The molecule has 130 valence electrons. The average molecular weight is 359 g/mol. The van der Waals surface area contributed by atoms with Gasteiger partial charge in [0, 0.05) is 0 Å². The number of thiophene rings is 1. The molecular formula is C17H17N3O4S. The van der Waals surface area contributed by atoms with Crippen LogP contribution in [0.2, 0.25) is 0 Å². The number of hydrogen-bond donors (Lipinski definition) is 3. The number of anilines is 3. The highest BCUT2D eigenvalue weighted by molar-refractivity contribution is 7.14. The average Bonchev–Trinajstić information content (AvgIpc) is 3.04. The van der Waals surface area contributed by atoms with E-state index in [0.717, 1.165) is 5.69 Å². The maximum Gasteiger partial charge on any atom is 0.341 e. The molecule has 1 atom stereocenters. The second kappa shape index (κ2) is 7.35. The number of benzene rings is 1. The highest BCUT2D eigenvalue weighted by Crippen LogP contribution is 2.28. The van der Waals surface area contributed by atoms with Gasteiger partial charge in [-0.1, -0.05) is 12.1 Å². The largest absolute Gasteiger partial charge is 0.462 e. The standard InChI is InChI=1S/C17H17N3O4S/c1-2-24-17(23)10-7-8-25-16(10)20-14(21)9-13-15(22)19-12-6-4-3-5-11(12)18-13/h3-8,13,18H,2,9H2,1H3,(H,19,22)(H,20,21)/t13-/m1/s1. The van der Waals surface area contributed by atoms with Gasteiger partial charge in [-0.3, -0.25) is 9.59 Å². The third kappa shape index (κ3) is 3.80. The molecule has 1 aliphatic rings.